The number of carbonyl (C=O) groups excluding carboxylic acids is 6. The molecule has 348 valence electrons. The number of methoxy groups -OCH3 is 1. The number of unbranched alkanes of at least 4 members (excludes halogenated alkanes) is 2. The number of aryl methyl sites for hydroxylation is 1. The number of non-ortho nitro benzene ring substituents is 1. The van der Waals surface area contributed by atoms with E-state index in [0.717, 1.165) is 67.8 Å². The van der Waals surface area contributed by atoms with Crippen LogP contribution in [0.4, 0.5) is 15.3 Å². The number of ether oxygens (including phenoxy) is 9. The summed E-state index contributed by atoms with van der Waals surface area (Å²) in [5, 5.41) is 13.9. The van der Waals surface area contributed by atoms with Gasteiger partial charge in [-0.3, -0.25) is 24.5 Å². The molecule has 0 spiro atoms. The van der Waals surface area contributed by atoms with Crippen molar-refractivity contribution >= 4 is 41.8 Å². The first-order valence-corrected chi connectivity index (χ1v) is 20.9. The second-order valence-corrected chi connectivity index (χ2v) is 15.2. The molecule has 0 aromatic heterocycles. The number of nitro groups is 1. The van der Waals surface area contributed by atoms with Crippen LogP contribution in [-0.4, -0.2) is 92.0 Å². The number of hydrogen-bond acceptors (Lipinski definition) is 17. The summed E-state index contributed by atoms with van der Waals surface area (Å²) in [5.41, 5.74) is 5.24. The van der Waals surface area contributed by atoms with Gasteiger partial charge in [0.1, 0.15) is 24.7 Å². The van der Waals surface area contributed by atoms with E-state index in [0.29, 0.717) is 32.2 Å². The summed E-state index contributed by atoms with van der Waals surface area (Å²) >= 11 is 0. The first-order valence-electron chi connectivity index (χ1n) is 20.9. The number of fused-ring (bicyclic) bond motifs is 3. The Labute approximate surface area is 378 Å². The molecular formula is C47H48N2O17. The highest BCUT2D eigenvalue weighted by atomic mass is 16.7. The predicted molar refractivity (Wildman–Crippen MR) is 229 cm³/mol. The molecule has 1 aliphatic carbocycles. The zero-order valence-electron chi connectivity index (χ0n) is 36.5. The van der Waals surface area contributed by atoms with Crippen molar-refractivity contribution in [3.05, 3.63) is 123 Å². The predicted octanol–water partition coefficient (Wildman–Crippen LogP) is 6.63. The standard InChI is InChI=1S/C47H48N2O17/c1-27(50)61-40-41(62-28(2)51)43(63-29(3)52)45(66-42(40)44(53)58-4)65-39-24-30(17-18-31(39)25-60-47(55)64-33-21-19-32(20-22-33)49(56)57)12-6-5-11-23-48-46(54)59-26-38-36-15-9-7-13-34(36)35-14-8-10-16-37(35)38/h7-10,13-22,24,38,40-43,45H,5-6,11-12,23,25-26H2,1-4H3,(H,48,54)/t40-,41-,42-,43+,45+/m0/s1. The van der Waals surface area contributed by atoms with Crippen molar-refractivity contribution < 1.29 is 76.3 Å². The Morgan fingerprint density at radius 2 is 1.35 bits per heavy atom. The number of benzene rings is 4. The molecule has 0 bridgehead atoms. The van der Waals surface area contributed by atoms with E-state index >= 15 is 0 Å². The van der Waals surface area contributed by atoms with Crippen molar-refractivity contribution in [2.45, 2.75) is 89.7 Å². The molecule has 2 aliphatic rings. The van der Waals surface area contributed by atoms with E-state index in [1.54, 1.807) is 18.2 Å². The lowest BCUT2D eigenvalue weighted by atomic mass is 9.97. The van der Waals surface area contributed by atoms with Crippen molar-refractivity contribution in [2.75, 3.05) is 20.3 Å². The third kappa shape index (κ3) is 12.4. The van der Waals surface area contributed by atoms with Gasteiger partial charge in [-0.2, -0.15) is 0 Å². The highest BCUT2D eigenvalue weighted by Crippen LogP contribution is 2.44. The van der Waals surface area contributed by atoms with Crippen molar-refractivity contribution in [1.82, 2.24) is 5.32 Å². The Balaban J connectivity index is 1.13. The minimum Gasteiger partial charge on any atom is -0.467 e. The lowest BCUT2D eigenvalue weighted by Gasteiger charge is -2.43. The molecule has 1 saturated heterocycles. The van der Waals surface area contributed by atoms with E-state index in [9.17, 15) is 38.9 Å². The Morgan fingerprint density at radius 3 is 1.97 bits per heavy atom. The molecule has 5 atom stereocenters. The molecule has 0 unspecified atom stereocenters. The van der Waals surface area contributed by atoms with Gasteiger partial charge in [-0.15, -0.1) is 0 Å². The molecular weight excluding hydrogens is 865 g/mol. The zero-order chi connectivity index (χ0) is 47.3. The van der Waals surface area contributed by atoms with Crippen molar-refractivity contribution in [2.24, 2.45) is 0 Å². The molecule has 4 aromatic carbocycles. The number of carbonyl (C=O) groups is 6. The van der Waals surface area contributed by atoms with E-state index in [-0.39, 0.29) is 35.3 Å². The van der Waals surface area contributed by atoms with Gasteiger partial charge < -0.3 is 47.9 Å². The maximum Gasteiger partial charge on any atom is 0.514 e. The minimum absolute atomic E-state index is 0.0193. The van der Waals surface area contributed by atoms with Crippen LogP contribution in [0.1, 0.15) is 68.2 Å². The van der Waals surface area contributed by atoms with Crippen LogP contribution in [0.25, 0.3) is 11.1 Å². The van der Waals surface area contributed by atoms with E-state index in [1.807, 2.05) is 36.4 Å². The van der Waals surface area contributed by atoms with E-state index in [4.69, 9.17) is 42.6 Å². The third-order valence-electron chi connectivity index (χ3n) is 10.6. The van der Waals surface area contributed by atoms with E-state index in [1.165, 1.54) is 12.1 Å². The zero-order valence-corrected chi connectivity index (χ0v) is 36.5. The maximum atomic E-state index is 13.0. The Bertz CT molecular complexity index is 2380. The quantitative estimate of drug-likeness (QED) is 0.0275. The SMILES string of the molecule is COC(=O)[C@H]1O[C@@H](Oc2cc(CCCCCNC(=O)OCC3c4ccccc4-c4ccccc43)ccc2COC(=O)Oc2ccc([N+](=O)[O-])cc2)[C@H](OC(C)=O)[C@@H](OC(C)=O)[C@@H]1OC(C)=O. The molecule has 19 heteroatoms. The van der Waals surface area contributed by atoms with Crippen LogP contribution < -0.4 is 14.8 Å². The van der Waals surface area contributed by atoms with E-state index in [2.05, 4.69) is 17.4 Å². The average Bonchev–Trinajstić information content (AvgIpc) is 3.61. The van der Waals surface area contributed by atoms with Crippen LogP contribution in [0.3, 0.4) is 0 Å². The number of hydrogen-bond donors (Lipinski definition) is 1. The van der Waals surface area contributed by atoms with Crippen molar-refractivity contribution in [1.29, 1.82) is 0 Å². The van der Waals surface area contributed by atoms with Gasteiger partial charge in [0.2, 0.25) is 12.4 Å². The number of amides is 1. The lowest BCUT2D eigenvalue weighted by Crippen LogP contribution is -2.64. The van der Waals surface area contributed by atoms with Gasteiger partial charge in [0.15, 0.2) is 18.3 Å². The second-order valence-electron chi connectivity index (χ2n) is 15.2. The fourth-order valence-electron chi connectivity index (χ4n) is 7.65. The van der Waals surface area contributed by atoms with Crippen LogP contribution in [0.2, 0.25) is 0 Å². The monoisotopic (exact) mass is 912 g/mol. The van der Waals surface area contributed by atoms with Gasteiger partial charge in [-0.25, -0.2) is 14.4 Å². The smallest absolute Gasteiger partial charge is 0.467 e. The van der Waals surface area contributed by atoms with Gasteiger partial charge in [0, 0.05) is 50.9 Å². The van der Waals surface area contributed by atoms with Gasteiger partial charge in [0.25, 0.3) is 5.69 Å². The highest BCUT2D eigenvalue weighted by molar-refractivity contribution is 5.79. The molecule has 66 heavy (non-hydrogen) atoms. The second kappa shape index (κ2) is 22.4. The van der Waals surface area contributed by atoms with Crippen molar-refractivity contribution in [3.8, 4) is 22.6 Å². The molecule has 1 aliphatic heterocycles. The van der Waals surface area contributed by atoms with Crippen LogP contribution in [0, 0.1) is 10.1 Å². The minimum atomic E-state index is -1.73. The van der Waals surface area contributed by atoms with Crippen LogP contribution >= 0.6 is 0 Å². The van der Waals surface area contributed by atoms with Crippen molar-refractivity contribution in [3.63, 3.8) is 0 Å². The van der Waals surface area contributed by atoms with Crippen LogP contribution in [-0.2, 0) is 65.4 Å². The Morgan fingerprint density at radius 1 is 0.727 bits per heavy atom. The Hall–Kier alpha value is -7.54. The normalized spacial score (nSPS) is 18.3. The van der Waals surface area contributed by atoms with Gasteiger partial charge in [-0.1, -0.05) is 67.1 Å². The molecule has 1 amide bonds. The summed E-state index contributed by atoms with van der Waals surface area (Å²) in [6.45, 7) is 3.28. The summed E-state index contributed by atoms with van der Waals surface area (Å²) < 4.78 is 49.6. The fraction of sp³-hybridized carbons (Fsp3) is 0.362. The van der Waals surface area contributed by atoms with Crippen LogP contribution in [0.15, 0.2) is 91.0 Å². The van der Waals surface area contributed by atoms with Gasteiger partial charge in [0.05, 0.1) is 12.0 Å². The molecule has 0 radical (unpaired) electrons. The van der Waals surface area contributed by atoms with Crippen LogP contribution in [0.5, 0.6) is 11.5 Å². The number of alkyl carbamates (subject to hydrolysis) is 1. The summed E-state index contributed by atoms with van der Waals surface area (Å²) in [4.78, 5) is 85.9. The molecule has 0 saturated carbocycles. The highest BCUT2D eigenvalue weighted by Gasteiger charge is 2.56. The topological polar surface area (TPSA) is 241 Å². The first-order chi connectivity index (χ1) is 31.7. The maximum absolute atomic E-state index is 13.0. The molecule has 1 N–H and O–H groups in total. The average molecular weight is 913 g/mol. The molecule has 19 nitrogen and oxygen atoms in total. The third-order valence-corrected chi connectivity index (χ3v) is 10.6. The largest absolute Gasteiger partial charge is 0.514 e. The number of rotatable bonds is 18. The number of nitro benzene ring substituents is 1. The number of nitrogens with zero attached hydrogens (tertiary/aromatic N) is 1. The molecule has 6 rings (SSSR count). The first kappa shape index (κ1) is 47.9. The summed E-state index contributed by atoms with van der Waals surface area (Å²) in [6.07, 6.45) is -7.53. The van der Waals surface area contributed by atoms with E-state index < -0.39 is 78.4 Å². The summed E-state index contributed by atoms with van der Waals surface area (Å²) in [5.74, 6) is -3.74. The molecule has 1 heterocycles. The molecule has 1 fully saturated rings. The lowest BCUT2D eigenvalue weighted by molar-refractivity contribution is -0.384. The summed E-state index contributed by atoms with van der Waals surface area (Å²) in [6, 6.07) is 25.8. The van der Waals surface area contributed by atoms with Gasteiger partial charge in [-0.05, 0) is 65.3 Å². The van der Waals surface area contributed by atoms with Gasteiger partial charge >= 0.3 is 36.1 Å². The summed E-state index contributed by atoms with van der Waals surface area (Å²) in [7, 11) is 1.05. The number of esters is 4. The fourth-order valence-corrected chi connectivity index (χ4v) is 7.65. The molecule has 4 aromatic rings. The number of nitrogens with one attached hydrogen (secondary N) is 1. The Kier molecular flexibility index (Phi) is 16.3.